The second-order valence-corrected chi connectivity index (χ2v) is 7.03. The van der Waals surface area contributed by atoms with Crippen LogP contribution in [0, 0.1) is 5.92 Å². The number of aromatic nitrogens is 2. The van der Waals surface area contributed by atoms with E-state index in [1.54, 1.807) is 0 Å². The molecule has 3 rings (SSSR count). The van der Waals surface area contributed by atoms with Crippen molar-refractivity contribution in [3.05, 3.63) is 53.6 Å². The van der Waals surface area contributed by atoms with Gasteiger partial charge in [-0.25, -0.2) is 9.98 Å². The molecule has 0 aliphatic carbocycles. The molecule has 26 heavy (non-hydrogen) atoms. The van der Waals surface area contributed by atoms with Gasteiger partial charge in [-0.05, 0) is 37.0 Å². The minimum absolute atomic E-state index is 0. The number of imidazole rings is 1. The lowest BCUT2D eigenvalue weighted by molar-refractivity contribution is 0.189. The van der Waals surface area contributed by atoms with Crippen LogP contribution in [0.15, 0.2) is 48.0 Å². The molecule has 2 atom stereocenters. The number of halogens is 2. The van der Waals surface area contributed by atoms with Crippen LogP contribution in [0.25, 0.3) is 0 Å². The predicted molar refractivity (Wildman–Crippen MR) is 118 cm³/mol. The van der Waals surface area contributed by atoms with E-state index < -0.39 is 0 Å². The van der Waals surface area contributed by atoms with Crippen LogP contribution in [0.2, 0.25) is 5.02 Å². The fraction of sp³-hybridized carbons (Fsp3) is 0.474. The molecule has 5 nitrogen and oxygen atoms in total. The fourth-order valence-electron chi connectivity index (χ4n) is 3.32. The summed E-state index contributed by atoms with van der Waals surface area (Å²) in [5, 5.41) is 4.19. The number of hydrogen-bond acceptors (Lipinski definition) is 2. The van der Waals surface area contributed by atoms with Crippen molar-refractivity contribution in [1.82, 2.24) is 19.8 Å². The van der Waals surface area contributed by atoms with Crippen LogP contribution in [-0.4, -0.2) is 40.0 Å². The van der Waals surface area contributed by atoms with Crippen LogP contribution in [0.3, 0.4) is 0 Å². The SMILES string of the molecule is CCNC(=NCc1cccc(Cl)c1)N1CCC(C)C(n2ccnc2)C1.I. The molecule has 2 aromatic rings. The molecule has 1 aromatic carbocycles. The molecule has 142 valence electrons. The Morgan fingerprint density at radius 2 is 2.27 bits per heavy atom. The highest BCUT2D eigenvalue weighted by molar-refractivity contribution is 14.0. The van der Waals surface area contributed by atoms with Gasteiger partial charge in [0.2, 0.25) is 0 Å². The summed E-state index contributed by atoms with van der Waals surface area (Å²) in [4.78, 5) is 11.4. The summed E-state index contributed by atoms with van der Waals surface area (Å²) < 4.78 is 2.22. The fourth-order valence-corrected chi connectivity index (χ4v) is 3.54. The van der Waals surface area contributed by atoms with Crippen molar-refractivity contribution in [3.63, 3.8) is 0 Å². The van der Waals surface area contributed by atoms with Gasteiger partial charge in [0.25, 0.3) is 0 Å². The second-order valence-electron chi connectivity index (χ2n) is 6.59. The largest absolute Gasteiger partial charge is 0.357 e. The van der Waals surface area contributed by atoms with Gasteiger partial charge in [0.05, 0.1) is 18.9 Å². The molecule has 1 saturated heterocycles. The average Bonchev–Trinajstić information content (AvgIpc) is 3.14. The Morgan fingerprint density at radius 3 is 2.96 bits per heavy atom. The zero-order valence-corrected chi connectivity index (χ0v) is 18.4. The van der Waals surface area contributed by atoms with Crippen molar-refractivity contribution in [1.29, 1.82) is 0 Å². The van der Waals surface area contributed by atoms with Gasteiger partial charge in [-0.15, -0.1) is 24.0 Å². The Kier molecular flexibility index (Phi) is 8.21. The van der Waals surface area contributed by atoms with Gasteiger partial charge in [0, 0.05) is 37.1 Å². The van der Waals surface area contributed by atoms with Crippen molar-refractivity contribution in [2.75, 3.05) is 19.6 Å². The Balaban J connectivity index is 0.00000243. The first kappa shape index (κ1) is 21.0. The van der Waals surface area contributed by atoms with E-state index >= 15 is 0 Å². The van der Waals surface area contributed by atoms with E-state index in [4.69, 9.17) is 16.6 Å². The maximum atomic E-state index is 6.08. The Bertz CT molecular complexity index is 704. The van der Waals surface area contributed by atoms with Crippen LogP contribution in [0.4, 0.5) is 0 Å². The van der Waals surface area contributed by atoms with E-state index in [1.165, 1.54) is 0 Å². The number of nitrogens with one attached hydrogen (secondary N) is 1. The molecule has 1 aromatic heterocycles. The molecule has 1 aliphatic rings. The molecule has 1 fully saturated rings. The maximum absolute atomic E-state index is 6.08. The molecule has 0 saturated carbocycles. The molecule has 0 amide bonds. The van der Waals surface area contributed by atoms with Crippen molar-refractivity contribution >= 4 is 41.5 Å². The third kappa shape index (κ3) is 5.36. The minimum Gasteiger partial charge on any atom is -0.357 e. The molecule has 0 bridgehead atoms. The molecular formula is C19H27ClIN5. The predicted octanol–water partition coefficient (Wildman–Crippen LogP) is 4.20. The molecule has 2 unspecified atom stereocenters. The number of nitrogens with zero attached hydrogens (tertiary/aromatic N) is 4. The monoisotopic (exact) mass is 487 g/mol. The van der Waals surface area contributed by atoms with E-state index in [-0.39, 0.29) is 24.0 Å². The van der Waals surface area contributed by atoms with E-state index in [1.807, 2.05) is 30.7 Å². The number of likely N-dealkylation sites (tertiary alicyclic amines) is 1. The van der Waals surface area contributed by atoms with Crippen molar-refractivity contribution in [2.45, 2.75) is 32.9 Å². The number of aliphatic imine (C=N–C) groups is 1. The molecule has 0 radical (unpaired) electrons. The molecule has 7 heteroatoms. The molecule has 0 spiro atoms. The third-order valence-corrected chi connectivity index (χ3v) is 5.00. The summed E-state index contributed by atoms with van der Waals surface area (Å²) in [7, 11) is 0. The minimum atomic E-state index is 0. The van der Waals surface area contributed by atoms with E-state index in [0.717, 1.165) is 42.6 Å². The first-order valence-corrected chi connectivity index (χ1v) is 9.30. The van der Waals surface area contributed by atoms with Gasteiger partial charge in [-0.2, -0.15) is 0 Å². The summed E-state index contributed by atoms with van der Waals surface area (Å²) >= 11 is 6.08. The van der Waals surface area contributed by atoms with Crippen LogP contribution >= 0.6 is 35.6 Å². The molecule has 1 N–H and O–H groups in total. The lowest BCUT2D eigenvalue weighted by Gasteiger charge is -2.39. The van der Waals surface area contributed by atoms with Gasteiger partial charge in [-0.3, -0.25) is 0 Å². The van der Waals surface area contributed by atoms with Crippen molar-refractivity contribution in [3.8, 4) is 0 Å². The van der Waals surface area contributed by atoms with Gasteiger partial charge >= 0.3 is 0 Å². The Hall–Kier alpha value is -1.28. The van der Waals surface area contributed by atoms with Gasteiger partial charge in [0.15, 0.2) is 5.96 Å². The highest BCUT2D eigenvalue weighted by atomic mass is 127. The van der Waals surface area contributed by atoms with E-state index in [0.29, 0.717) is 18.5 Å². The number of hydrogen-bond donors (Lipinski definition) is 1. The summed E-state index contributed by atoms with van der Waals surface area (Å²) in [6.45, 7) is 7.88. The molecule has 1 aliphatic heterocycles. The Labute approximate surface area is 177 Å². The zero-order chi connectivity index (χ0) is 17.6. The van der Waals surface area contributed by atoms with E-state index in [2.05, 4.69) is 45.9 Å². The van der Waals surface area contributed by atoms with Crippen LogP contribution < -0.4 is 5.32 Å². The van der Waals surface area contributed by atoms with Crippen LogP contribution in [-0.2, 0) is 6.54 Å². The summed E-state index contributed by atoms with van der Waals surface area (Å²) in [6, 6.07) is 8.32. The lowest BCUT2D eigenvalue weighted by Crippen LogP contribution is -2.49. The highest BCUT2D eigenvalue weighted by Crippen LogP contribution is 2.27. The van der Waals surface area contributed by atoms with Gasteiger partial charge in [-0.1, -0.05) is 30.7 Å². The standard InChI is InChI=1S/C19H26ClN5.HI/c1-3-22-19(23-12-16-5-4-6-17(20)11-16)24-9-7-15(2)18(13-24)25-10-8-21-14-25;/h4-6,8,10-11,14-15,18H,3,7,9,12-13H2,1-2H3,(H,22,23);1H. The van der Waals surface area contributed by atoms with Crippen molar-refractivity contribution < 1.29 is 0 Å². The summed E-state index contributed by atoms with van der Waals surface area (Å²) in [5.41, 5.74) is 1.12. The van der Waals surface area contributed by atoms with E-state index in [9.17, 15) is 0 Å². The smallest absolute Gasteiger partial charge is 0.194 e. The van der Waals surface area contributed by atoms with Gasteiger partial charge < -0.3 is 14.8 Å². The average molecular weight is 488 g/mol. The van der Waals surface area contributed by atoms with Crippen LogP contribution in [0.5, 0.6) is 0 Å². The number of guanidine groups is 1. The summed E-state index contributed by atoms with van der Waals surface area (Å²) in [5.74, 6) is 1.60. The highest BCUT2D eigenvalue weighted by Gasteiger charge is 2.28. The van der Waals surface area contributed by atoms with Crippen molar-refractivity contribution in [2.24, 2.45) is 10.9 Å². The number of benzene rings is 1. The molecular weight excluding hydrogens is 461 g/mol. The molecule has 2 heterocycles. The quantitative estimate of drug-likeness (QED) is 0.399. The topological polar surface area (TPSA) is 45.5 Å². The number of rotatable bonds is 4. The maximum Gasteiger partial charge on any atom is 0.194 e. The normalized spacial score (nSPS) is 20.6. The third-order valence-electron chi connectivity index (χ3n) is 4.76. The summed E-state index contributed by atoms with van der Waals surface area (Å²) in [6.07, 6.45) is 6.97. The number of piperidine rings is 1. The Morgan fingerprint density at radius 1 is 1.42 bits per heavy atom. The zero-order valence-electron chi connectivity index (χ0n) is 15.3. The lowest BCUT2D eigenvalue weighted by atomic mass is 9.93. The first-order chi connectivity index (χ1) is 12.2. The second kappa shape index (κ2) is 10.2. The first-order valence-electron chi connectivity index (χ1n) is 8.92. The van der Waals surface area contributed by atoms with Gasteiger partial charge in [0.1, 0.15) is 0 Å². The van der Waals surface area contributed by atoms with Crippen LogP contribution in [0.1, 0.15) is 31.9 Å².